The van der Waals surface area contributed by atoms with Gasteiger partial charge in [0, 0.05) is 6.42 Å². The lowest BCUT2D eigenvalue weighted by Gasteiger charge is -2.44. The normalized spacial score (nSPS) is 24.0. The fourth-order valence-electron chi connectivity index (χ4n) is 4.98. The van der Waals surface area contributed by atoms with Gasteiger partial charge < -0.3 is 9.84 Å². The zero-order valence-electron chi connectivity index (χ0n) is 18.4. The molecule has 0 amide bonds. The summed E-state index contributed by atoms with van der Waals surface area (Å²) >= 11 is 1.39. The van der Waals surface area contributed by atoms with Crippen molar-refractivity contribution in [3.63, 3.8) is 0 Å². The number of fused-ring (bicyclic) bond motifs is 2. The molecule has 2 heterocycles. The number of nitrogens with zero attached hydrogens (tertiary/aromatic N) is 3. The van der Waals surface area contributed by atoms with Crippen molar-refractivity contribution in [2.75, 3.05) is 0 Å². The van der Waals surface area contributed by atoms with Crippen molar-refractivity contribution in [1.29, 1.82) is 5.26 Å². The van der Waals surface area contributed by atoms with Crippen LogP contribution in [0.5, 0.6) is 5.88 Å². The number of para-hydroxylation sites is 2. The fourth-order valence-corrected chi connectivity index (χ4v) is 6.26. The van der Waals surface area contributed by atoms with Gasteiger partial charge in [-0.1, -0.05) is 61.6 Å². The molecule has 1 aliphatic heterocycles. The lowest BCUT2D eigenvalue weighted by Crippen LogP contribution is -2.48. The van der Waals surface area contributed by atoms with Crippen molar-refractivity contribution in [1.82, 2.24) is 4.57 Å². The van der Waals surface area contributed by atoms with Crippen LogP contribution >= 0.6 is 11.3 Å². The van der Waals surface area contributed by atoms with Gasteiger partial charge in [-0.25, -0.2) is 4.99 Å². The first-order valence-corrected chi connectivity index (χ1v) is 11.6. The molecular formula is C26H23N3O3S. The summed E-state index contributed by atoms with van der Waals surface area (Å²) in [7, 11) is 0. The van der Waals surface area contributed by atoms with E-state index in [1.54, 1.807) is 6.08 Å². The third-order valence-corrected chi connectivity index (χ3v) is 7.35. The molecule has 0 radical (unpaired) electrons. The Hall–Kier alpha value is -3.63. The number of esters is 1. The first-order chi connectivity index (χ1) is 15.8. The van der Waals surface area contributed by atoms with Gasteiger partial charge in [-0.2, -0.15) is 5.26 Å². The first kappa shape index (κ1) is 21.2. The van der Waals surface area contributed by atoms with Crippen LogP contribution in [0, 0.1) is 22.7 Å². The van der Waals surface area contributed by atoms with Crippen LogP contribution < -0.4 is 9.54 Å². The second kappa shape index (κ2) is 7.75. The van der Waals surface area contributed by atoms with Crippen LogP contribution in [0.4, 0.5) is 5.69 Å². The van der Waals surface area contributed by atoms with Crippen molar-refractivity contribution < 1.29 is 14.6 Å². The van der Waals surface area contributed by atoms with E-state index in [9.17, 15) is 15.2 Å². The standard InChI is InChI=1S/C26H23N3O3S/c1-25(2)13-19(30)14-26(16-25)20(15-27)23(31)32-22-21(26)33-24(28-17-9-5-3-6-10-17)29(22)18-11-7-4-8-12-18/h3-12,14,20,30H,13,16H2,1-2H3. The summed E-state index contributed by atoms with van der Waals surface area (Å²) in [6, 6.07) is 21.3. The van der Waals surface area contributed by atoms with Crippen molar-refractivity contribution in [3.8, 4) is 17.6 Å². The molecule has 1 aromatic heterocycles. The lowest BCUT2D eigenvalue weighted by molar-refractivity contribution is -0.141. The summed E-state index contributed by atoms with van der Waals surface area (Å²) < 4.78 is 7.64. The smallest absolute Gasteiger partial charge is 0.331 e. The molecule has 33 heavy (non-hydrogen) atoms. The number of ether oxygens (including phenoxy) is 1. The Morgan fingerprint density at radius 2 is 1.82 bits per heavy atom. The quantitative estimate of drug-likeness (QED) is 0.527. The molecule has 0 fully saturated rings. The Kier molecular flexibility index (Phi) is 4.98. The van der Waals surface area contributed by atoms with Gasteiger partial charge >= 0.3 is 5.97 Å². The van der Waals surface area contributed by atoms with Gasteiger partial charge in [0.25, 0.3) is 0 Å². The predicted octanol–water partition coefficient (Wildman–Crippen LogP) is 5.33. The van der Waals surface area contributed by atoms with Crippen LogP contribution in [-0.4, -0.2) is 15.6 Å². The zero-order valence-corrected chi connectivity index (χ0v) is 19.2. The molecule has 7 heteroatoms. The number of nitriles is 1. The highest BCUT2D eigenvalue weighted by Crippen LogP contribution is 2.55. The molecule has 2 atom stereocenters. The zero-order chi connectivity index (χ0) is 23.2. The molecule has 2 aliphatic rings. The number of benzene rings is 2. The number of carbonyl (C=O) groups is 1. The molecule has 5 rings (SSSR count). The van der Waals surface area contributed by atoms with E-state index >= 15 is 0 Å². The topological polar surface area (TPSA) is 87.6 Å². The maximum atomic E-state index is 13.1. The van der Waals surface area contributed by atoms with Gasteiger partial charge in [0.1, 0.15) is 0 Å². The van der Waals surface area contributed by atoms with Crippen LogP contribution in [0.3, 0.4) is 0 Å². The second-order valence-corrected chi connectivity index (χ2v) is 10.3. The summed E-state index contributed by atoms with van der Waals surface area (Å²) in [6.07, 6.45) is 2.72. The average Bonchev–Trinajstić information content (AvgIpc) is 3.12. The molecule has 0 bridgehead atoms. The number of aliphatic hydroxyl groups is 1. The highest BCUT2D eigenvalue weighted by molar-refractivity contribution is 7.09. The van der Waals surface area contributed by atoms with E-state index in [4.69, 9.17) is 9.73 Å². The molecule has 0 saturated heterocycles. The lowest BCUT2D eigenvalue weighted by atomic mass is 9.60. The van der Waals surface area contributed by atoms with Gasteiger partial charge in [0.05, 0.1) is 33.5 Å². The third kappa shape index (κ3) is 3.57. The maximum Gasteiger partial charge on any atom is 0.331 e. The van der Waals surface area contributed by atoms with Crippen LogP contribution in [-0.2, 0) is 10.2 Å². The van der Waals surface area contributed by atoms with E-state index in [1.807, 2.05) is 79.1 Å². The van der Waals surface area contributed by atoms with E-state index in [2.05, 4.69) is 6.07 Å². The van der Waals surface area contributed by atoms with E-state index in [0.29, 0.717) is 23.5 Å². The number of aromatic nitrogens is 1. The first-order valence-electron chi connectivity index (χ1n) is 10.8. The van der Waals surface area contributed by atoms with Crippen LogP contribution in [0.25, 0.3) is 5.69 Å². The van der Waals surface area contributed by atoms with Crippen molar-refractivity contribution >= 4 is 23.0 Å². The Morgan fingerprint density at radius 1 is 1.15 bits per heavy atom. The number of allylic oxidation sites excluding steroid dienone is 2. The summed E-state index contributed by atoms with van der Waals surface area (Å²) in [5, 5.41) is 20.7. The number of hydrogen-bond acceptors (Lipinski definition) is 6. The molecule has 1 aliphatic carbocycles. The summed E-state index contributed by atoms with van der Waals surface area (Å²) in [5.74, 6) is -1.12. The minimum absolute atomic E-state index is 0.188. The van der Waals surface area contributed by atoms with E-state index in [0.717, 1.165) is 16.3 Å². The number of rotatable bonds is 2. The number of aliphatic hydroxyl groups excluding tert-OH is 1. The van der Waals surface area contributed by atoms with Gasteiger partial charge in [0.15, 0.2) is 10.7 Å². The molecule has 3 aromatic rings. The van der Waals surface area contributed by atoms with Gasteiger partial charge in [0.2, 0.25) is 5.88 Å². The molecule has 2 unspecified atom stereocenters. The Bertz CT molecular complexity index is 1360. The minimum Gasteiger partial charge on any atom is -0.513 e. The third-order valence-electron chi connectivity index (χ3n) is 6.13. The van der Waals surface area contributed by atoms with E-state index < -0.39 is 17.3 Å². The summed E-state index contributed by atoms with van der Waals surface area (Å²) in [4.78, 5) is 19.3. The number of hydrogen-bond donors (Lipinski definition) is 1. The van der Waals surface area contributed by atoms with Crippen LogP contribution in [0.15, 0.2) is 77.5 Å². The minimum atomic E-state index is -1.06. The summed E-state index contributed by atoms with van der Waals surface area (Å²) in [5.41, 5.74) is 0.268. The van der Waals surface area contributed by atoms with Gasteiger partial charge in [-0.05, 0) is 42.2 Å². The van der Waals surface area contributed by atoms with Crippen LogP contribution in [0.2, 0.25) is 0 Å². The molecule has 1 N–H and O–H groups in total. The van der Waals surface area contributed by atoms with Crippen molar-refractivity contribution in [2.24, 2.45) is 16.3 Å². The summed E-state index contributed by atoms with van der Waals surface area (Å²) in [6.45, 7) is 4.08. The molecular weight excluding hydrogens is 434 g/mol. The number of carbonyl (C=O) groups excluding carboxylic acids is 1. The SMILES string of the molecule is CC1(C)CC(O)=CC2(C1)c1sc(=Nc3ccccc3)n(-c3ccccc3)c1OC(=O)C2C#N. The predicted molar refractivity (Wildman–Crippen MR) is 125 cm³/mol. The maximum absolute atomic E-state index is 13.1. The van der Waals surface area contributed by atoms with Gasteiger partial charge in [-0.3, -0.25) is 9.36 Å². The van der Waals surface area contributed by atoms with Crippen LogP contribution in [0.1, 0.15) is 31.6 Å². The highest BCUT2D eigenvalue weighted by atomic mass is 32.1. The monoisotopic (exact) mass is 457 g/mol. The van der Waals surface area contributed by atoms with E-state index in [1.165, 1.54) is 11.3 Å². The van der Waals surface area contributed by atoms with Crippen molar-refractivity contribution in [3.05, 3.63) is 82.2 Å². The molecule has 166 valence electrons. The molecule has 2 aromatic carbocycles. The van der Waals surface area contributed by atoms with Gasteiger partial charge in [-0.15, -0.1) is 0 Å². The molecule has 1 spiro atoms. The van der Waals surface area contributed by atoms with E-state index in [-0.39, 0.29) is 11.2 Å². The Labute approximate surface area is 195 Å². The molecule has 0 saturated carbocycles. The Balaban J connectivity index is 1.86. The van der Waals surface area contributed by atoms with Crippen molar-refractivity contribution in [2.45, 2.75) is 32.1 Å². The fraction of sp³-hybridized carbons (Fsp3) is 0.269. The highest BCUT2D eigenvalue weighted by Gasteiger charge is 2.56. The number of thiazole rings is 1. The second-order valence-electron chi connectivity index (χ2n) is 9.31. The molecule has 6 nitrogen and oxygen atoms in total. The largest absolute Gasteiger partial charge is 0.513 e. The average molecular weight is 458 g/mol. The Morgan fingerprint density at radius 3 is 2.45 bits per heavy atom.